The smallest absolute Gasteiger partial charge is 0.348 e. The average Bonchev–Trinajstić information content (AvgIpc) is 3.26. The number of anilines is 1. The zero-order chi connectivity index (χ0) is 26.8. The van der Waals surface area contributed by atoms with E-state index in [2.05, 4.69) is 27.7 Å². The average molecular weight is 521 g/mol. The summed E-state index contributed by atoms with van der Waals surface area (Å²) in [7, 11) is 0. The Labute approximate surface area is 219 Å². The number of hydrogen-bond donors (Lipinski definition) is 2. The van der Waals surface area contributed by atoms with Crippen molar-refractivity contribution in [1.29, 1.82) is 0 Å². The van der Waals surface area contributed by atoms with Gasteiger partial charge in [-0.25, -0.2) is 4.79 Å². The van der Waals surface area contributed by atoms with Gasteiger partial charge in [-0.2, -0.15) is 0 Å². The van der Waals surface area contributed by atoms with Gasteiger partial charge in [0, 0.05) is 16.8 Å². The van der Waals surface area contributed by atoms with Gasteiger partial charge >= 0.3 is 11.9 Å². The number of ether oxygens (including phenoxy) is 1. The fourth-order valence-electron chi connectivity index (χ4n) is 5.22. The van der Waals surface area contributed by atoms with E-state index in [0.717, 1.165) is 30.6 Å². The van der Waals surface area contributed by atoms with Gasteiger partial charge in [0.25, 0.3) is 0 Å². The summed E-state index contributed by atoms with van der Waals surface area (Å²) in [5.74, 6) is -0.784. The number of nitrogens with two attached hydrogens (primary N) is 1. The summed E-state index contributed by atoms with van der Waals surface area (Å²) in [4.78, 5) is 41.7. The van der Waals surface area contributed by atoms with Crippen molar-refractivity contribution in [3.8, 4) is 0 Å². The summed E-state index contributed by atoms with van der Waals surface area (Å²) in [5.41, 5.74) is 6.27. The quantitative estimate of drug-likeness (QED) is 0.444. The molecule has 1 aromatic heterocycles. The molecule has 3 rings (SSSR count). The van der Waals surface area contributed by atoms with Crippen LogP contribution in [0, 0.1) is 17.8 Å². The number of carbonyl (C=O) groups is 3. The molecule has 7 nitrogen and oxygen atoms in total. The minimum atomic E-state index is -0.995. The summed E-state index contributed by atoms with van der Waals surface area (Å²) in [5, 5.41) is 10.1. The van der Waals surface area contributed by atoms with E-state index in [9.17, 15) is 19.5 Å². The Kier molecular flexibility index (Phi) is 9.25. The van der Waals surface area contributed by atoms with E-state index < -0.39 is 12.0 Å². The van der Waals surface area contributed by atoms with E-state index in [0.29, 0.717) is 37.3 Å². The maximum Gasteiger partial charge on any atom is 0.348 e. The first-order chi connectivity index (χ1) is 16.8. The van der Waals surface area contributed by atoms with E-state index in [1.807, 2.05) is 24.8 Å². The van der Waals surface area contributed by atoms with Crippen LogP contribution in [0.1, 0.15) is 107 Å². The Morgan fingerprint density at radius 3 is 2.14 bits per heavy atom. The molecular weight excluding hydrogens is 476 g/mol. The van der Waals surface area contributed by atoms with Crippen molar-refractivity contribution in [2.24, 2.45) is 23.5 Å². The summed E-state index contributed by atoms with van der Waals surface area (Å²) < 4.78 is 5.69. The van der Waals surface area contributed by atoms with Crippen LogP contribution in [0.5, 0.6) is 0 Å². The molecule has 0 spiro atoms. The lowest BCUT2D eigenvalue weighted by molar-refractivity contribution is -0.153. The zero-order valence-corrected chi connectivity index (χ0v) is 23.5. The van der Waals surface area contributed by atoms with Crippen LogP contribution in [0.4, 0.5) is 5.69 Å². The molecule has 1 aromatic rings. The monoisotopic (exact) mass is 520 g/mol. The summed E-state index contributed by atoms with van der Waals surface area (Å²) in [6.45, 7) is 12.2. The number of carbonyl (C=O) groups excluding carboxylic acids is 2. The van der Waals surface area contributed by atoms with Crippen LogP contribution in [0.25, 0.3) is 0 Å². The van der Waals surface area contributed by atoms with Crippen molar-refractivity contribution < 1.29 is 24.2 Å². The number of carboxylic acids is 1. The van der Waals surface area contributed by atoms with Crippen molar-refractivity contribution in [3.05, 3.63) is 15.8 Å². The van der Waals surface area contributed by atoms with E-state index in [1.54, 1.807) is 0 Å². The van der Waals surface area contributed by atoms with E-state index in [-0.39, 0.29) is 46.2 Å². The number of rotatable bonds is 7. The van der Waals surface area contributed by atoms with Gasteiger partial charge in [-0.1, -0.05) is 41.5 Å². The Hall–Kier alpha value is -1.93. The highest BCUT2D eigenvalue weighted by atomic mass is 32.1. The molecule has 0 saturated heterocycles. The highest BCUT2D eigenvalue weighted by Gasteiger charge is 2.39. The Morgan fingerprint density at radius 2 is 1.64 bits per heavy atom. The highest BCUT2D eigenvalue weighted by Crippen LogP contribution is 2.42. The minimum Gasteiger partial charge on any atom is -0.477 e. The molecule has 2 fully saturated rings. The van der Waals surface area contributed by atoms with E-state index in [4.69, 9.17) is 10.5 Å². The molecule has 3 N–H and O–H groups in total. The largest absolute Gasteiger partial charge is 0.477 e. The number of hydrogen-bond acceptors (Lipinski definition) is 6. The highest BCUT2D eigenvalue weighted by molar-refractivity contribution is 7.14. The van der Waals surface area contributed by atoms with Gasteiger partial charge in [-0.15, -0.1) is 11.3 Å². The van der Waals surface area contributed by atoms with Gasteiger partial charge in [-0.3, -0.25) is 9.59 Å². The number of esters is 1. The third-order valence-electron chi connectivity index (χ3n) is 7.79. The fraction of sp³-hybridized carbons (Fsp3) is 0.750. The van der Waals surface area contributed by atoms with Gasteiger partial charge in [0.15, 0.2) is 0 Å². The molecule has 36 heavy (non-hydrogen) atoms. The standard InChI is InChI=1S/C28H44N2O5S/c1-16(2)23(29)27(34)35-20-13-11-19(12-14-20)30(25(31)18-9-7-17(3)8-10-18)21-15-22(28(4,5)6)36-24(21)26(32)33/h15-20,23H,7-14,29H2,1-6H3,(H,32,33)/t17-,18-,19-,20-,23-/m1/s1. The molecule has 1 amide bonds. The van der Waals surface area contributed by atoms with E-state index in [1.165, 1.54) is 11.3 Å². The zero-order valence-electron chi connectivity index (χ0n) is 22.7. The molecule has 0 radical (unpaired) electrons. The topological polar surface area (TPSA) is 110 Å². The lowest BCUT2D eigenvalue weighted by atomic mass is 9.81. The summed E-state index contributed by atoms with van der Waals surface area (Å²) in [6, 6.07) is 1.16. The molecule has 8 heteroatoms. The van der Waals surface area contributed by atoms with E-state index >= 15 is 0 Å². The second-order valence-electron chi connectivity index (χ2n) is 12.2. The summed E-state index contributed by atoms with van der Waals surface area (Å²) in [6.07, 6.45) is 6.07. The fourth-order valence-corrected chi connectivity index (χ4v) is 6.26. The second-order valence-corrected chi connectivity index (χ2v) is 13.2. The predicted molar refractivity (Wildman–Crippen MR) is 144 cm³/mol. The lowest BCUT2D eigenvalue weighted by Gasteiger charge is -2.39. The van der Waals surface area contributed by atoms with Crippen LogP contribution in [0.3, 0.4) is 0 Å². The first kappa shape index (κ1) is 28.6. The number of carboxylic acid groups (broad SMARTS) is 1. The van der Waals surface area contributed by atoms with Gasteiger partial charge in [0.1, 0.15) is 17.0 Å². The van der Waals surface area contributed by atoms with Crippen LogP contribution >= 0.6 is 11.3 Å². The molecule has 1 atom stereocenters. The predicted octanol–water partition coefficient (Wildman–Crippen LogP) is 5.74. The number of amides is 1. The Balaban J connectivity index is 1.86. The van der Waals surface area contributed by atoms with Crippen LogP contribution in [0.15, 0.2) is 6.07 Å². The minimum absolute atomic E-state index is 0.00482. The normalized spacial score (nSPS) is 25.9. The van der Waals surface area contributed by atoms with Crippen molar-refractivity contribution in [2.75, 3.05) is 4.90 Å². The molecule has 2 aliphatic rings. The SMILES string of the molecule is CC(C)[C@@H](N)C(=O)O[C@H]1CC[C@H](N(c2cc(C(C)(C)C)sc2C(=O)O)C(=O)[C@H]2CC[C@H](C)CC2)CC1. The van der Waals surface area contributed by atoms with Crippen LogP contribution in [0.2, 0.25) is 0 Å². The van der Waals surface area contributed by atoms with Crippen molar-refractivity contribution in [2.45, 2.75) is 117 Å². The van der Waals surface area contributed by atoms with Crippen molar-refractivity contribution in [1.82, 2.24) is 0 Å². The van der Waals surface area contributed by atoms with Gasteiger partial charge < -0.3 is 20.5 Å². The Morgan fingerprint density at radius 1 is 1.06 bits per heavy atom. The maximum atomic E-state index is 14.0. The molecule has 0 aromatic carbocycles. The molecule has 0 aliphatic heterocycles. The third kappa shape index (κ3) is 6.68. The van der Waals surface area contributed by atoms with Gasteiger partial charge in [-0.05, 0) is 74.7 Å². The second kappa shape index (κ2) is 11.6. The number of aromatic carboxylic acids is 1. The maximum absolute atomic E-state index is 14.0. The van der Waals surface area contributed by atoms with Crippen molar-refractivity contribution in [3.63, 3.8) is 0 Å². The molecule has 1 heterocycles. The van der Waals surface area contributed by atoms with Crippen LogP contribution in [-0.4, -0.2) is 41.1 Å². The molecule has 2 aliphatic carbocycles. The molecular formula is C28H44N2O5S. The van der Waals surface area contributed by atoms with Crippen LogP contribution < -0.4 is 10.6 Å². The molecule has 0 bridgehead atoms. The number of thiophene rings is 1. The van der Waals surface area contributed by atoms with Crippen LogP contribution in [-0.2, 0) is 19.7 Å². The molecule has 0 unspecified atom stereocenters. The third-order valence-corrected chi connectivity index (χ3v) is 9.33. The lowest BCUT2D eigenvalue weighted by Crippen LogP contribution is -2.48. The van der Waals surface area contributed by atoms with Crippen molar-refractivity contribution >= 4 is 34.9 Å². The molecule has 202 valence electrons. The summed E-state index contributed by atoms with van der Waals surface area (Å²) >= 11 is 1.27. The van der Waals surface area contributed by atoms with Gasteiger partial charge in [0.2, 0.25) is 5.91 Å². The first-order valence-corrected chi connectivity index (χ1v) is 14.3. The first-order valence-electron chi connectivity index (χ1n) is 13.5. The Bertz CT molecular complexity index is 934. The molecule has 2 saturated carbocycles. The van der Waals surface area contributed by atoms with Gasteiger partial charge in [0.05, 0.1) is 5.69 Å². The number of nitrogens with zero attached hydrogens (tertiary/aromatic N) is 1.